The lowest BCUT2D eigenvalue weighted by atomic mass is 9.87. The summed E-state index contributed by atoms with van der Waals surface area (Å²) in [5.74, 6) is 0.653. The van der Waals surface area contributed by atoms with Crippen LogP contribution in [-0.4, -0.2) is 30.7 Å². The molecule has 0 spiro atoms. The molecule has 0 aromatic heterocycles. The lowest BCUT2D eigenvalue weighted by molar-refractivity contribution is 0.269. The highest BCUT2D eigenvalue weighted by atomic mass is 19.1. The molecule has 1 aliphatic rings. The fourth-order valence-corrected chi connectivity index (χ4v) is 3.32. The van der Waals surface area contributed by atoms with Crippen molar-refractivity contribution in [1.82, 2.24) is 4.90 Å². The first kappa shape index (κ1) is 33.2. The van der Waals surface area contributed by atoms with E-state index in [0.29, 0.717) is 24.8 Å². The van der Waals surface area contributed by atoms with E-state index in [2.05, 4.69) is 90.6 Å². The average molecular weight is 458 g/mol. The number of nitrogens with zero attached hydrogens (tertiary/aromatic N) is 1. The molecular weight excluding hydrogens is 405 g/mol. The Kier molecular flexibility index (Phi) is 18.6. The summed E-state index contributed by atoms with van der Waals surface area (Å²) in [4.78, 5) is 2.31. The molecule has 0 fully saturated rings. The summed E-state index contributed by atoms with van der Waals surface area (Å²) in [7, 11) is 2.12. The third-order valence-electron chi connectivity index (χ3n) is 5.76. The molecule has 2 atom stereocenters. The summed E-state index contributed by atoms with van der Waals surface area (Å²) in [6.45, 7) is 30.9. The molecule has 0 saturated heterocycles. The summed E-state index contributed by atoms with van der Waals surface area (Å²) in [5.41, 5.74) is 7.44. The number of likely N-dealkylation sites (N-methyl/N-ethyl adjacent to an activating group) is 1. The van der Waals surface area contributed by atoms with Crippen LogP contribution in [0.1, 0.15) is 91.7 Å². The Morgan fingerprint density at radius 2 is 1.64 bits per heavy atom. The molecule has 0 N–H and O–H groups in total. The van der Waals surface area contributed by atoms with E-state index in [9.17, 15) is 4.39 Å². The maximum atomic E-state index is 13.4. The van der Waals surface area contributed by atoms with E-state index >= 15 is 0 Å². The Hall–Kier alpha value is -1.93. The van der Waals surface area contributed by atoms with Gasteiger partial charge < -0.3 is 0 Å². The smallest absolute Gasteiger partial charge is 0.104 e. The molecule has 2 heteroatoms. The molecule has 2 unspecified atom stereocenters. The van der Waals surface area contributed by atoms with Crippen LogP contribution in [0.15, 0.2) is 72.4 Å². The number of hydrogen-bond donors (Lipinski definition) is 0. The van der Waals surface area contributed by atoms with Crippen molar-refractivity contribution in [2.75, 3.05) is 13.6 Å². The van der Waals surface area contributed by atoms with Crippen molar-refractivity contribution >= 4 is 0 Å². The lowest BCUT2D eigenvalue weighted by Crippen LogP contribution is -2.36. The third-order valence-corrected chi connectivity index (χ3v) is 5.76. The van der Waals surface area contributed by atoms with E-state index in [1.807, 2.05) is 27.7 Å². The number of hydrogen-bond acceptors (Lipinski definition) is 1. The van der Waals surface area contributed by atoms with Crippen LogP contribution in [0.5, 0.6) is 0 Å². The van der Waals surface area contributed by atoms with Gasteiger partial charge >= 0.3 is 0 Å². The highest BCUT2D eigenvalue weighted by Gasteiger charge is 2.24. The normalized spacial score (nSPS) is 16.3. The zero-order chi connectivity index (χ0) is 26.1. The van der Waals surface area contributed by atoms with Crippen LogP contribution in [0.25, 0.3) is 0 Å². The number of alkyl halides is 1. The molecule has 0 aliphatic carbocycles. The first-order valence-corrected chi connectivity index (χ1v) is 12.5. The molecule has 0 saturated carbocycles. The van der Waals surface area contributed by atoms with Crippen molar-refractivity contribution in [2.24, 2.45) is 0 Å². The summed E-state index contributed by atoms with van der Waals surface area (Å²) in [5, 5.41) is 0. The van der Waals surface area contributed by atoms with Crippen molar-refractivity contribution in [3.63, 3.8) is 0 Å². The summed E-state index contributed by atoms with van der Waals surface area (Å²) >= 11 is 0. The van der Waals surface area contributed by atoms with Gasteiger partial charge in [-0.3, -0.25) is 4.90 Å². The van der Waals surface area contributed by atoms with E-state index in [1.165, 1.54) is 22.3 Å². The highest BCUT2D eigenvalue weighted by Crippen LogP contribution is 2.30. The van der Waals surface area contributed by atoms with E-state index in [1.54, 1.807) is 6.08 Å². The van der Waals surface area contributed by atoms with Gasteiger partial charge in [-0.2, -0.15) is 0 Å². The van der Waals surface area contributed by atoms with Gasteiger partial charge in [0, 0.05) is 19.0 Å². The maximum absolute atomic E-state index is 13.4. The predicted molar refractivity (Wildman–Crippen MR) is 150 cm³/mol. The van der Waals surface area contributed by atoms with Crippen LogP contribution in [0.3, 0.4) is 0 Å². The van der Waals surface area contributed by atoms with Crippen molar-refractivity contribution in [3.8, 4) is 0 Å². The zero-order valence-corrected chi connectivity index (χ0v) is 23.4. The standard InChI is InChI=1S/C14H24FN.C10H14.C5H8.C2H6/c1-6-13(15)9-11(3)14-10(2)7-8-16(5)12(14)4;1-8(2)10-6-4-9(3)5-7-10;1-4-5(2)3;1-2/h12-13H,3,6-9H2,1-2,4-5H3;4-8H,1-3H3;4H,1-2H2,3H3;1-2H3. The lowest BCUT2D eigenvalue weighted by Gasteiger charge is -2.34. The molecule has 1 aliphatic heterocycles. The van der Waals surface area contributed by atoms with Crippen molar-refractivity contribution in [3.05, 3.63) is 83.5 Å². The minimum Gasteiger partial charge on any atom is -0.299 e. The Morgan fingerprint density at radius 3 is 2.03 bits per heavy atom. The van der Waals surface area contributed by atoms with Gasteiger partial charge in [0.25, 0.3) is 0 Å². The molecule has 33 heavy (non-hydrogen) atoms. The van der Waals surface area contributed by atoms with E-state index in [0.717, 1.165) is 24.1 Å². The van der Waals surface area contributed by atoms with E-state index in [-0.39, 0.29) is 0 Å². The van der Waals surface area contributed by atoms with Crippen LogP contribution < -0.4 is 0 Å². The molecule has 1 nitrogen and oxygen atoms in total. The number of allylic oxidation sites excluding steroid dienone is 2. The van der Waals surface area contributed by atoms with Gasteiger partial charge in [-0.25, -0.2) is 4.39 Å². The summed E-state index contributed by atoms with van der Waals surface area (Å²) < 4.78 is 13.4. The molecule has 1 aromatic carbocycles. The summed E-state index contributed by atoms with van der Waals surface area (Å²) in [6, 6.07) is 9.09. The zero-order valence-electron chi connectivity index (χ0n) is 23.4. The van der Waals surface area contributed by atoms with Crippen LogP contribution in [0, 0.1) is 6.92 Å². The Bertz CT molecular complexity index is 724. The van der Waals surface area contributed by atoms with Crippen LogP contribution in [0.4, 0.5) is 4.39 Å². The first-order valence-electron chi connectivity index (χ1n) is 12.5. The van der Waals surface area contributed by atoms with Crippen LogP contribution in [0.2, 0.25) is 0 Å². The number of benzene rings is 1. The van der Waals surface area contributed by atoms with Crippen molar-refractivity contribution in [2.45, 2.75) is 99.7 Å². The second-order valence-electron chi connectivity index (χ2n) is 9.03. The molecule has 0 radical (unpaired) electrons. The highest BCUT2D eigenvalue weighted by molar-refractivity contribution is 5.38. The largest absolute Gasteiger partial charge is 0.299 e. The van der Waals surface area contributed by atoms with Crippen molar-refractivity contribution < 1.29 is 4.39 Å². The van der Waals surface area contributed by atoms with Gasteiger partial charge in [-0.1, -0.05) is 101 Å². The molecular formula is C31H52FN. The molecule has 1 aromatic rings. The Morgan fingerprint density at radius 1 is 1.15 bits per heavy atom. The fourth-order valence-electron chi connectivity index (χ4n) is 3.32. The second-order valence-corrected chi connectivity index (χ2v) is 9.03. The molecule has 188 valence electrons. The minimum atomic E-state index is -0.743. The van der Waals surface area contributed by atoms with E-state index < -0.39 is 6.17 Å². The number of aryl methyl sites for hydroxylation is 1. The second kappa shape index (κ2) is 18.5. The molecule has 0 bridgehead atoms. The molecule has 1 heterocycles. The maximum Gasteiger partial charge on any atom is 0.104 e. The Labute approximate surface area is 206 Å². The third kappa shape index (κ3) is 14.0. The summed E-state index contributed by atoms with van der Waals surface area (Å²) in [6.07, 6.45) is 3.13. The first-order chi connectivity index (χ1) is 15.4. The fraction of sp³-hybridized carbons (Fsp3) is 0.548. The monoisotopic (exact) mass is 457 g/mol. The number of rotatable bonds is 6. The van der Waals surface area contributed by atoms with Crippen LogP contribution >= 0.6 is 0 Å². The SMILES string of the molecule is C=C(CC(F)CC)C1=C(C)CCN(C)C1C.C=CC(=C)C.CC.Cc1ccc(C(C)C)cc1. The van der Waals surface area contributed by atoms with Crippen molar-refractivity contribution in [1.29, 1.82) is 0 Å². The van der Waals surface area contributed by atoms with Gasteiger partial charge in [0.05, 0.1) is 0 Å². The average Bonchev–Trinajstić information content (AvgIpc) is 2.79. The quantitative estimate of drug-likeness (QED) is 0.384. The Balaban J connectivity index is 0. The van der Waals surface area contributed by atoms with Gasteiger partial charge in [0.2, 0.25) is 0 Å². The molecule has 0 amide bonds. The number of halogens is 1. The van der Waals surface area contributed by atoms with Gasteiger partial charge in [0.15, 0.2) is 0 Å². The van der Waals surface area contributed by atoms with Gasteiger partial charge in [-0.05, 0) is 70.2 Å². The van der Waals surface area contributed by atoms with E-state index in [4.69, 9.17) is 0 Å². The van der Waals surface area contributed by atoms with Crippen LogP contribution in [-0.2, 0) is 0 Å². The molecule has 2 rings (SSSR count). The van der Waals surface area contributed by atoms with Gasteiger partial charge in [0.1, 0.15) is 6.17 Å². The topological polar surface area (TPSA) is 3.24 Å². The minimum absolute atomic E-state index is 0.380. The van der Waals surface area contributed by atoms with Gasteiger partial charge in [-0.15, -0.1) is 0 Å². The predicted octanol–water partition coefficient (Wildman–Crippen LogP) is 9.61.